The van der Waals surface area contributed by atoms with Crippen LogP contribution in [-0.2, 0) is 9.84 Å². The Kier molecular flexibility index (Phi) is 4.94. The van der Waals surface area contributed by atoms with Crippen molar-refractivity contribution in [2.24, 2.45) is 11.7 Å². The molecule has 1 saturated carbocycles. The molecular weight excluding hydrogens is 286 g/mol. The molecule has 4 nitrogen and oxygen atoms in total. The molecule has 1 fully saturated rings. The quantitative estimate of drug-likeness (QED) is 0.840. The van der Waals surface area contributed by atoms with E-state index in [-0.39, 0.29) is 5.25 Å². The van der Waals surface area contributed by atoms with Crippen LogP contribution in [0.25, 0.3) is 0 Å². The van der Waals surface area contributed by atoms with E-state index in [0.29, 0.717) is 29.5 Å². The zero-order valence-corrected chi connectivity index (χ0v) is 13.9. The van der Waals surface area contributed by atoms with Crippen LogP contribution in [0.5, 0.6) is 5.75 Å². The van der Waals surface area contributed by atoms with Crippen LogP contribution in [0.4, 0.5) is 0 Å². The van der Waals surface area contributed by atoms with E-state index in [1.807, 2.05) is 13.8 Å². The Morgan fingerprint density at radius 3 is 2.29 bits per heavy atom. The molecule has 21 heavy (non-hydrogen) atoms. The number of benzene rings is 1. The Morgan fingerprint density at radius 2 is 1.86 bits per heavy atom. The first kappa shape index (κ1) is 16.3. The summed E-state index contributed by atoms with van der Waals surface area (Å²) in [7, 11) is -1.71. The lowest BCUT2D eigenvalue weighted by Crippen LogP contribution is -2.26. The van der Waals surface area contributed by atoms with Crippen LogP contribution in [0.1, 0.15) is 36.8 Å². The first-order valence-corrected chi connectivity index (χ1v) is 9.05. The summed E-state index contributed by atoms with van der Waals surface area (Å²) in [6.45, 7) is 4.23. The second-order valence-electron chi connectivity index (χ2n) is 5.94. The monoisotopic (exact) mass is 311 g/mol. The zero-order valence-electron chi connectivity index (χ0n) is 13.1. The Morgan fingerprint density at radius 1 is 1.29 bits per heavy atom. The standard InChI is InChI=1S/C16H25NO3S/c1-11-9-14(20-3)10-12(2)16(11)21(18,19)15(5-4-8-17)13-6-7-13/h9-10,13,15H,4-8,17H2,1-3H3. The van der Waals surface area contributed by atoms with Crippen LogP contribution in [0, 0.1) is 19.8 Å². The second kappa shape index (κ2) is 6.36. The van der Waals surface area contributed by atoms with Gasteiger partial charge in [0.25, 0.3) is 0 Å². The fourth-order valence-electron chi connectivity index (χ4n) is 3.06. The molecule has 1 aliphatic rings. The summed E-state index contributed by atoms with van der Waals surface area (Å²) in [6.07, 6.45) is 3.45. The van der Waals surface area contributed by atoms with Crippen LogP contribution in [0.2, 0.25) is 0 Å². The third-order valence-electron chi connectivity index (χ3n) is 4.19. The first-order chi connectivity index (χ1) is 9.91. The molecular formula is C16H25NO3S. The molecule has 0 bridgehead atoms. The van der Waals surface area contributed by atoms with E-state index in [2.05, 4.69) is 0 Å². The van der Waals surface area contributed by atoms with Gasteiger partial charge in [-0.3, -0.25) is 0 Å². The summed E-state index contributed by atoms with van der Waals surface area (Å²) in [6, 6.07) is 3.60. The number of hydrogen-bond donors (Lipinski definition) is 1. The molecule has 0 amide bonds. The maximum atomic E-state index is 13.1. The van der Waals surface area contributed by atoms with Gasteiger partial charge in [0.05, 0.1) is 17.3 Å². The van der Waals surface area contributed by atoms with Crippen LogP contribution in [0.3, 0.4) is 0 Å². The van der Waals surface area contributed by atoms with Gasteiger partial charge >= 0.3 is 0 Å². The highest BCUT2D eigenvalue weighted by Crippen LogP contribution is 2.42. The van der Waals surface area contributed by atoms with Gasteiger partial charge in [-0.1, -0.05) is 0 Å². The van der Waals surface area contributed by atoms with Crippen molar-refractivity contribution in [2.45, 2.75) is 49.7 Å². The summed E-state index contributed by atoms with van der Waals surface area (Å²) in [5.41, 5.74) is 7.10. The summed E-state index contributed by atoms with van der Waals surface area (Å²) in [5, 5.41) is -0.285. The predicted octanol–water partition coefficient (Wildman–Crippen LogP) is 2.60. The summed E-state index contributed by atoms with van der Waals surface area (Å²) in [5.74, 6) is 1.01. The van der Waals surface area contributed by atoms with Crippen molar-refractivity contribution >= 4 is 9.84 Å². The third kappa shape index (κ3) is 3.40. The van der Waals surface area contributed by atoms with Crippen molar-refractivity contribution in [1.29, 1.82) is 0 Å². The van der Waals surface area contributed by atoms with E-state index in [4.69, 9.17) is 10.5 Å². The molecule has 1 atom stereocenters. The maximum Gasteiger partial charge on any atom is 0.182 e. The van der Waals surface area contributed by atoms with E-state index in [1.54, 1.807) is 19.2 Å². The first-order valence-electron chi connectivity index (χ1n) is 7.51. The Labute approximate surface area is 127 Å². The average Bonchev–Trinajstić information content (AvgIpc) is 3.22. The molecule has 1 aromatic carbocycles. The van der Waals surface area contributed by atoms with Gasteiger partial charge in [-0.2, -0.15) is 0 Å². The minimum atomic E-state index is -3.31. The number of methoxy groups -OCH3 is 1. The van der Waals surface area contributed by atoms with Crippen molar-refractivity contribution in [3.63, 3.8) is 0 Å². The summed E-state index contributed by atoms with van der Waals surface area (Å²) < 4.78 is 31.4. The van der Waals surface area contributed by atoms with Gasteiger partial charge in [-0.25, -0.2) is 8.42 Å². The van der Waals surface area contributed by atoms with E-state index < -0.39 is 9.84 Å². The number of nitrogens with two attached hydrogens (primary N) is 1. The highest BCUT2D eigenvalue weighted by Gasteiger charge is 2.41. The van der Waals surface area contributed by atoms with E-state index in [1.165, 1.54) is 0 Å². The smallest absolute Gasteiger partial charge is 0.182 e. The van der Waals surface area contributed by atoms with Crippen molar-refractivity contribution in [2.75, 3.05) is 13.7 Å². The van der Waals surface area contributed by atoms with E-state index in [9.17, 15) is 8.42 Å². The Hall–Kier alpha value is -1.07. The van der Waals surface area contributed by atoms with Crippen molar-refractivity contribution < 1.29 is 13.2 Å². The average molecular weight is 311 g/mol. The van der Waals surface area contributed by atoms with Crippen molar-refractivity contribution in [1.82, 2.24) is 0 Å². The highest BCUT2D eigenvalue weighted by molar-refractivity contribution is 7.92. The van der Waals surface area contributed by atoms with E-state index >= 15 is 0 Å². The molecule has 1 aromatic rings. The molecule has 0 saturated heterocycles. The van der Waals surface area contributed by atoms with Gasteiger partial charge in [0.15, 0.2) is 9.84 Å². The molecule has 118 valence electrons. The SMILES string of the molecule is COc1cc(C)c(S(=O)(=O)C(CCCN)C2CC2)c(C)c1. The molecule has 2 rings (SSSR count). The largest absolute Gasteiger partial charge is 0.497 e. The highest BCUT2D eigenvalue weighted by atomic mass is 32.2. The summed E-state index contributed by atoms with van der Waals surface area (Å²) in [4.78, 5) is 0.484. The third-order valence-corrected chi connectivity index (χ3v) is 6.82. The summed E-state index contributed by atoms with van der Waals surface area (Å²) >= 11 is 0. The number of ether oxygens (including phenoxy) is 1. The molecule has 0 spiro atoms. The topological polar surface area (TPSA) is 69.4 Å². The number of rotatable bonds is 7. The van der Waals surface area contributed by atoms with Gasteiger partial charge in [0, 0.05) is 0 Å². The number of hydrogen-bond acceptors (Lipinski definition) is 4. The van der Waals surface area contributed by atoms with Gasteiger partial charge in [0.1, 0.15) is 5.75 Å². The van der Waals surface area contributed by atoms with Crippen LogP contribution in [-0.4, -0.2) is 27.3 Å². The number of sulfone groups is 1. The Bertz CT molecular complexity index is 583. The lowest BCUT2D eigenvalue weighted by molar-refractivity contribution is 0.413. The minimum Gasteiger partial charge on any atom is -0.497 e. The molecule has 1 unspecified atom stereocenters. The predicted molar refractivity (Wildman–Crippen MR) is 84.5 cm³/mol. The molecule has 1 aliphatic carbocycles. The normalized spacial score (nSPS) is 16.8. The van der Waals surface area contributed by atoms with Gasteiger partial charge in [-0.05, 0) is 75.3 Å². The molecule has 0 heterocycles. The van der Waals surface area contributed by atoms with Gasteiger partial charge < -0.3 is 10.5 Å². The molecule has 0 aromatic heterocycles. The van der Waals surface area contributed by atoms with Crippen LogP contribution < -0.4 is 10.5 Å². The van der Waals surface area contributed by atoms with Crippen molar-refractivity contribution in [3.05, 3.63) is 23.3 Å². The zero-order chi connectivity index (χ0) is 15.6. The fraction of sp³-hybridized carbons (Fsp3) is 0.625. The van der Waals surface area contributed by atoms with Crippen LogP contribution >= 0.6 is 0 Å². The minimum absolute atomic E-state index is 0.285. The maximum absolute atomic E-state index is 13.1. The second-order valence-corrected chi connectivity index (χ2v) is 8.05. The fourth-order valence-corrected chi connectivity index (χ4v) is 5.63. The molecule has 0 aliphatic heterocycles. The van der Waals surface area contributed by atoms with Gasteiger partial charge in [-0.15, -0.1) is 0 Å². The van der Waals surface area contributed by atoms with Crippen LogP contribution in [0.15, 0.2) is 17.0 Å². The van der Waals surface area contributed by atoms with E-state index in [0.717, 1.165) is 30.4 Å². The van der Waals surface area contributed by atoms with Gasteiger partial charge in [0.2, 0.25) is 0 Å². The lowest BCUT2D eigenvalue weighted by atomic mass is 10.1. The lowest BCUT2D eigenvalue weighted by Gasteiger charge is -2.20. The van der Waals surface area contributed by atoms with Crippen molar-refractivity contribution in [3.8, 4) is 5.75 Å². The molecule has 0 radical (unpaired) electrons. The Balaban J connectivity index is 2.42. The molecule has 5 heteroatoms. The number of aryl methyl sites for hydroxylation is 2. The molecule has 2 N–H and O–H groups in total.